The van der Waals surface area contributed by atoms with Crippen LogP contribution in [0.2, 0.25) is 0 Å². The van der Waals surface area contributed by atoms with E-state index in [4.69, 9.17) is 9.73 Å². The molecule has 168 valence electrons. The molecule has 1 heterocycles. The quantitative estimate of drug-likeness (QED) is 0.422. The second kappa shape index (κ2) is 8.74. The Morgan fingerprint density at radius 2 is 1.73 bits per heavy atom. The average molecular weight is 445 g/mol. The molecule has 0 bridgehead atoms. The highest BCUT2D eigenvalue weighted by atomic mass is 16.6. The molecule has 0 saturated heterocycles. The van der Waals surface area contributed by atoms with Crippen LogP contribution in [0, 0.1) is 10.1 Å². The van der Waals surface area contributed by atoms with E-state index in [0.717, 1.165) is 5.56 Å². The van der Waals surface area contributed by atoms with E-state index in [1.54, 1.807) is 50.4 Å². The maximum atomic E-state index is 12.9. The topological polar surface area (TPSA) is 105 Å². The molecular weight excluding hydrogens is 422 g/mol. The molecule has 0 unspecified atom stereocenters. The first kappa shape index (κ1) is 22.0. The van der Waals surface area contributed by atoms with E-state index in [0.29, 0.717) is 29.3 Å². The Morgan fingerprint density at radius 3 is 2.27 bits per heavy atom. The fraction of sp³-hybridized carbons (Fsp3) is 0.200. The van der Waals surface area contributed by atoms with Gasteiger partial charge in [0, 0.05) is 18.7 Å². The first-order chi connectivity index (χ1) is 15.9. The molecule has 0 aromatic heterocycles. The van der Waals surface area contributed by atoms with E-state index in [1.165, 1.54) is 12.1 Å². The molecule has 1 aliphatic rings. The van der Waals surface area contributed by atoms with Crippen molar-refractivity contribution in [1.29, 1.82) is 0 Å². The Kier molecular flexibility index (Phi) is 5.83. The van der Waals surface area contributed by atoms with E-state index in [9.17, 15) is 20.0 Å². The van der Waals surface area contributed by atoms with Gasteiger partial charge in [-0.25, -0.2) is 9.79 Å². The van der Waals surface area contributed by atoms with Gasteiger partial charge < -0.3 is 14.7 Å². The summed E-state index contributed by atoms with van der Waals surface area (Å²) in [7, 11) is 1.54. The third-order valence-electron chi connectivity index (χ3n) is 5.93. The average Bonchev–Trinajstić information content (AvgIpc) is 3.13. The molecule has 0 fully saturated rings. The van der Waals surface area contributed by atoms with Crippen LogP contribution in [0.3, 0.4) is 0 Å². The third kappa shape index (κ3) is 3.91. The number of hydrogen-bond donors (Lipinski definition) is 1. The number of amidine groups is 1. The van der Waals surface area contributed by atoms with Crippen molar-refractivity contribution in [2.45, 2.75) is 25.0 Å². The van der Waals surface area contributed by atoms with Crippen LogP contribution in [0.1, 0.15) is 29.7 Å². The van der Waals surface area contributed by atoms with Crippen molar-refractivity contribution < 1.29 is 19.6 Å². The van der Waals surface area contributed by atoms with Crippen LogP contribution < -0.4 is 4.74 Å². The number of aliphatic imine (C=N–C) groups is 1. The van der Waals surface area contributed by atoms with Crippen LogP contribution in [0.5, 0.6) is 5.75 Å². The summed E-state index contributed by atoms with van der Waals surface area (Å²) in [4.78, 5) is 30.3. The number of benzene rings is 3. The molecular formula is C25H23N3O5. The number of carboxylic acids is 1. The van der Waals surface area contributed by atoms with E-state index in [2.05, 4.69) is 0 Å². The van der Waals surface area contributed by atoms with E-state index in [1.807, 2.05) is 35.2 Å². The van der Waals surface area contributed by atoms with Crippen LogP contribution in [-0.2, 0) is 16.9 Å². The second-order valence-electron chi connectivity index (χ2n) is 7.82. The molecule has 8 nitrogen and oxygen atoms in total. The number of rotatable bonds is 7. The van der Waals surface area contributed by atoms with Crippen LogP contribution in [0.25, 0.3) is 0 Å². The molecule has 0 aliphatic carbocycles. The number of nitro benzene ring substituents is 1. The molecule has 3 aromatic rings. The Bertz CT molecular complexity index is 1190. The largest absolute Gasteiger partial charge is 0.497 e. The smallest absolute Gasteiger partial charge is 0.338 e. The summed E-state index contributed by atoms with van der Waals surface area (Å²) in [5.74, 6) is 0.0670. The van der Waals surface area contributed by atoms with Crippen LogP contribution >= 0.6 is 0 Å². The normalized spacial score (nSPS) is 19.8. The van der Waals surface area contributed by atoms with E-state index in [-0.39, 0.29) is 5.69 Å². The van der Waals surface area contributed by atoms with Crippen molar-refractivity contribution in [3.05, 3.63) is 106 Å². The maximum absolute atomic E-state index is 12.9. The Morgan fingerprint density at radius 1 is 1.09 bits per heavy atom. The standard InChI is InChI=1S/C25H23N3O5/c1-17-26-25(24(29)30,20-10-14-22(33-2)15-11-20)23(19-8-12-21(13-9-19)28(31)32)27(17)16-18-6-4-3-5-7-18/h3-15,23H,16H2,1-2H3,(H,29,30)/t23-,25-/m0/s1. The monoisotopic (exact) mass is 445 g/mol. The van der Waals surface area contributed by atoms with Crippen molar-refractivity contribution in [2.24, 2.45) is 4.99 Å². The lowest BCUT2D eigenvalue weighted by atomic mass is 9.79. The van der Waals surface area contributed by atoms with Gasteiger partial charge in [0.25, 0.3) is 5.69 Å². The molecule has 4 rings (SSSR count). The predicted molar refractivity (Wildman–Crippen MR) is 123 cm³/mol. The lowest BCUT2D eigenvalue weighted by Gasteiger charge is -2.36. The van der Waals surface area contributed by atoms with Crippen molar-refractivity contribution >= 4 is 17.5 Å². The fourth-order valence-electron chi connectivity index (χ4n) is 4.33. The number of hydrogen-bond acceptors (Lipinski definition) is 6. The van der Waals surface area contributed by atoms with Crippen molar-refractivity contribution in [1.82, 2.24) is 4.90 Å². The Balaban J connectivity index is 1.88. The molecule has 0 spiro atoms. The second-order valence-corrected chi connectivity index (χ2v) is 7.82. The fourth-order valence-corrected chi connectivity index (χ4v) is 4.33. The molecule has 33 heavy (non-hydrogen) atoms. The van der Waals surface area contributed by atoms with Crippen LogP contribution in [-0.4, -0.2) is 33.8 Å². The lowest BCUT2D eigenvalue weighted by Crippen LogP contribution is -2.43. The van der Waals surface area contributed by atoms with Gasteiger partial charge in [0.1, 0.15) is 5.75 Å². The lowest BCUT2D eigenvalue weighted by molar-refractivity contribution is -0.384. The predicted octanol–water partition coefficient (Wildman–Crippen LogP) is 4.56. The van der Waals surface area contributed by atoms with E-state index >= 15 is 0 Å². The molecule has 0 radical (unpaired) electrons. The summed E-state index contributed by atoms with van der Waals surface area (Å²) in [6.45, 7) is 2.22. The van der Waals surface area contributed by atoms with Gasteiger partial charge in [-0.1, -0.05) is 54.6 Å². The molecule has 8 heteroatoms. The minimum absolute atomic E-state index is 0.0608. The molecule has 0 saturated carbocycles. The number of aliphatic carboxylic acids is 1. The summed E-state index contributed by atoms with van der Waals surface area (Å²) in [6.07, 6.45) is 0. The van der Waals surface area contributed by atoms with Gasteiger partial charge in [0.05, 0.1) is 23.9 Å². The van der Waals surface area contributed by atoms with Gasteiger partial charge in [-0.3, -0.25) is 10.1 Å². The Hall–Kier alpha value is -4.20. The van der Waals surface area contributed by atoms with Gasteiger partial charge in [-0.05, 0) is 35.7 Å². The van der Waals surface area contributed by atoms with Crippen molar-refractivity contribution in [3.63, 3.8) is 0 Å². The zero-order valence-electron chi connectivity index (χ0n) is 18.2. The molecule has 1 N–H and O–H groups in total. The summed E-state index contributed by atoms with van der Waals surface area (Å²) in [6, 6.07) is 21.8. The highest BCUT2D eigenvalue weighted by Crippen LogP contribution is 2.48. The molecule has 2 atom stereocenters. The van der Waals surface area contributed by atoms with Gasteiger partial charge >= 0.3 is 5.97 Å². The molecule has 1 aliphatic heterocycles. The highest BCUT2D eigenvalue weighted by Gasteiger charge is 2.55. The minimum Gasteiger partial charge on any atom is -0.497 e. The number of ether oxygens (including phenoxy) is 1. The number of carboxylic acid groups (broad SMARTS) is 1. The molecule has 3 aromatic carbocycles. The van der Waals surface area contributed by atoms with Gasteiger partial charge in [-0.15, -0.1) is 0 Å². The first-order valence-electron chi connectivity index (χ1n) is 10.4. The van der Waals surface area contributed by atoms with Crippen molar-refractivity contribution in [3.8, 4) is 5.75 Å². The van der Waals surface area contributed by atoms with Crippen molar-refractivity contribution in [2.75, 3.05) is 7.11 Å². The summed E-state index contributed by atoms with van der Waals surface area (Å²) < 4.78 is 5.24. The summed E-state index contributed by atoms with van der Waals surface area (Å²) in [5.41, 5.74) is 0.412. The third-order valence-corrected chi connectivity index (χ3v) is 5.93. The van der Waals surface area contributed by atoms with E-state index < -0.39 is 22.5 Å². The summed E-state index contributed by atoms with van der Waals surface area (Å²) in [5, 5.41) is 21.7. The first-order valence-corrected chi connectivity index (χ1v) is 10.4. The number of nitrogens with zero attached hydrogens (tertiary/aromatic N) is 3. The Labute approximate surface area is 190 Å². The maximum Gasteiger partial charge on any atom is 0.338 e. The zero-order chi connectivity index (χ0) is 23.6. The van der Waals surface area contributed by atoms with Crippen LogP contribution in [0.4, 0.5) is 5.69 Å². The SMILES string of the molecule is COc1ccc([C@]2(C(=O)O)N=C(C)N(Cc3ccccc3)[C@H]2c2ccc([N+](=O)[O-])cc2)cc1. The minimum atomic E-state index is -1.64. The van der Waals surface area contributed by atoms with Gasteiger partial charge in [-0.2, -0.15) is 0 Å². The zero-order valence-corrected chi connectivity index (χ0v) is 18.2. The molecule has 0 amide bonds. The highest BCUT2D eigenvalue weighted by molar-refractivity contribution is 5.93. The van der Waals surface area contributed by atoms with Gasteiger partial charge in [0.15, 0.2) is 0 Å². The summed E-state index contributed by atoms with van der Waals surface area (Å²) >= 11 is 0. The number of carbonyl (C=O) groups is 1. The number of nitro groups is 1. The number of methoxy groups -OCH3 is 1. The van der Waals surface area contributed by atoms with Gasteiger partial charge in [0.2, 0.25) is 5.54 Å². The number of non-ortho nitro benzene ring substituents is 1. The van der Waals surface area contributed by atoms with Crippen LogP contribution in [0.15, 0.2) is 83.9 Å².